The first-order chi connectivity index (χ1) is 9.24. The van der Waals surface area contributed by atoms with Crippen molar-refractivity contribution in [3.63, 3.8) is 0 Å². The first kappa shape index (κ1) is 11.6. The average Bonchev–Trinajstić information content (AvgIpc) is 3.22. The van der Waals surface area contributed by atoms with Crippen LogP contribution in [-0.4, -0.2) is 4.98 Å². The topological polar surface area (TPSA) is 63.4 Å². The van der Waals surface area contributed by atoms with Crippen molar-refractivity contribution in [2.75, 3.05) is 0 Å². The number of nitriles is 2. The third kappa shape index (κ3) is 1.90. The predicted octanol–water partition coefficient (Wildman–Crippen LogP) is 3.61. The quantitative estimate of drug-likeness (QED) is 0.881. The van der Waals surface area contributed by atoms with E-state index in [-0.39, 0.29) is 0 Å². The molecule has 0 saturated heterocycles. The number of rotatable bonds is 2. The van der Waals surface area contributed by atoms with Crippen LogP contribution < -0.4 is 0 Å². The molecule has 0 aliphatic heterocycles. The van der Waals surface area contributed by atoms with Crippen LogP contribution in [0.15, 0.2) is 24.3 Å². The molecule has 3 nitrogen and oxygen atoms in total. The molecule has 0 bridgehead atoms. The first-order valence-corrected chi connectivity index (χ1v) is 6.37. The molecule has 19 heavy (non-hydrogen) atoms. The number of nitrogens with one attached hydrogen (secondary N) is 1. The summed E-state index contributed by atoms with van der Waals surface area (Å²) in [5, 5.41) is 18.3. The molecule has 1 aromatic heterocycles. The van der Waals surface area contributed by atoms with Crippen molar-refractivity contribution in [1.29, 1.82) is 10.5 Å². The summed E-state index contributed by atoms with van der Waals surface area (Å²) in [6.45, 7) is 2.00. The highest BCUT2D eigenvalue weighted by Crippen LogP contribution is 2.44. The molecule has 1 saturated carbocycles. The van der Waals surface area contributed by atoms with E-state index in [0.29, 0.717) is 11.5 Å². The van der Waals surface area contributed by atoms with Gasteiger partial charge in [-0.1, -0.05) is 12.1 Å². The Bertz CT molecular complexity index is 704. The number of hydrogen-bond donors (Lipinski definition) is 1. The van der Waals surface area contributed by atoms with Crippen LogP contribution in [0.1, 0.15) is 41.3 Å². The van der Waals surface area contributed by atoms with Crippen molar-refractivity contribution in [3.05, 3.63) is 46.8 Å². The Kier molecular flexibility index (Phi) is 2.62. The minimum atomic E-state index is 0.528. The summed E-state index contributed by atoms with van der Waals surface area (Å²) in [6.07, 6.45) is 2.34. The maximum atomic E-state index is 9.43. The van der Waals surface area contributed by atoms with Gasteiger partial charge >= 0.3 is 0 Å². The van der Waals surface area contributed by atoms with E-state index in [0.717, 1.165) is 28.1 Å². The molecule has 92 valence electrons. The average molecular weight is 247 g/mol. The van der Waals surface area contributed by atoms with Crippen LogP contribution in [0.25, 0.3) is 11.1 Å². The fourth-order valence-corrected chi connectivity index (χ4v) is 2.52. The van der Waals surface area contributed by atoms with Gasteiger partial charge in [0.05, 0.1) is 17.2 Å². The molecule has 0 spiro atoms. The third-order valence-corrected chi connectivity index (χ3v) is 3.62. The van der Waals surface area contributed by atoms with E-state index >= 15 is 0 Å². The van der Waals surface area contributed by atoms with Gasteiger partial charge in [0.15, 0.2) is 0 Å². The minimum Gasteiger partial charge on any atom is -0.361 e. The molecule has 0 unspecified atom stereocenters. The zero-order chi connectivity index (χ0) is 13.4. The van der Waals surface area contributed by atoms with Crippen LogP contribution in [0.5, 0.6) is 0 Å². The number of hydrogen-bond acceptors (Lipinski definition) is 2. The van der Waals surface area contributed by atoms with Crippen molar-refractivity contribution < 1.29 is 0 Å². The van der Waals surface area contributed by atoms with Gasteiger partial charge in [0.2, 0.25) is 0 Å². The summed E-state index contributed by atoms with van der Waals surface area (Å²) in [6, 6.07) is 11.8. The predicted molar refractivity (Wildman–Crippen MR) is 72.4 cm³/mol. The molecule has 3 rings (SSSR count). The van der Waals surface area contributed by atoms with E-state index in [2.05, 4.69) is 17.1 Å². The standard InChI is InChI=1S/C16H13N3/c1-10-15(12-4-2-11(8-17)3-5-12)14(9-18)16(19-10)13-6-7-13/h2-5,13,19H,6-7H2,1H3. The monoisotopic (exact) mass is 247 g/mol. The van der Waals surface area contributed by atoms with Crippen molar-refractivity contribution >= 4 is 0 Å². The number of aromatic amines is 1. The molecule has 3 heteroatoms. The molecule has 0 atom stereocenters. The van der Waals surface area contributed by atoms with Crippen LogP contribution >= 0.6 is 0 Å². The van der Waals surface area contributed by atoms with E-state index in [9.17, 15) is 5.26 Å². The molecular formula is C16H13N3. The summed E-state index contributed by atoms with van der Waals surface area (Å²) in [5.41, 5.74) is 5.50. The Morgan fingerprint density at radius 2 is 1.79 bits per heavy atom. The van der Waals surface area contributed by atoms with Gasteiger partial charge in [-0.15, -0.1) is 0 Å². The second kappa shape index (κ2) is 4.30. The number of aromatic nitrogens is 1. The van der Waals surface area contributed by atoms with Gasteiger partial charge in [-0.2, -0.15) is 10.5 Å². The van der Waals surface area contributed by atoms with Gasteiger partial charge in [0.25, 0.3) is 0 Å². The van der Waals surface area contributed by atoms with Crippen LogP contribution in [0, 0.1) is 29.6 Å². The Morgan fingerprint density at radius 1 is 1.11 bits per heavy atom. The normalized spacial score (nSPS) is 13.8. The molecule has 2 aromatic rings. The molecular weight excluding hydrogens is 234 g/mol. The number of benzene rings is 1. The summed E-state index contributed by atoms with van der Waals surface area (Å²) in [4.78, 5) is 3.37. The largest absolute Gasteiger partial charge is 0.361 e. The fraction of sp³-hybridized carbons (Fsp3) is 0.250. The lowest BCUT2D eigenvalue weighted by Gasteiger charge is -2.02. The van der Waals surface area contributed by atoms with E-state index in [1.807, 2.05) is 19.1 Å². The van der Waals surface area contributed by atoms with E-state index < -0.39 is 0 Å². The number of H-pyrrole nitrogens is 1. The lowest BCUT2D eigenvalue weighted by Crippen LogP contribution is -1.85. The lowest BCUT2D eigenvalue weighted by molar-refractivity contribution is 1.03. The molecule has 1 N–H and O–H groups in total. The van der Waals surface area contributed by atoms with Crippen LogP contribution in [0.4, 0.5) is 0 Å². The highest BCUT2D eigenvalue weighted by Gasteiger charge is 2.30. The van der Waals surface area contributed by atoms with Crippen LogP contribution in [0.3, 0.4) is 0 Å². The zero-order valence-electron chi connectivity index (χ0n) is 10.7. The lowest BCUT2D eigenvalue weighted by atomic mass is 9.99. The van der Waals surface area contributed by atoms with Gasteiger partial charge in [0, 0.05) is 22.9 Å². The Balaban J connectivity index is 2.13. The first-order valence-electron chi connectivity index (χ1n) is 6.37. The van der Waals surface area contributed by atoms with Gasteiger partial charge in [0.1, 0.15) is 6.07 Å². The minimum absolute atomic E-state index is 0.528. The Hall–Kier alpha value is -2.52. The van der Waals surface area contributed by atoms with E-state index in [4.69, 9.17) is 5.26 Å². The highest BCUT2D eigenvalue weighted by molar-refractivity contribution is 5.75. The van der Waals surface area contributed by atoms with E-state index in [1.54, 1.807) is 12.1 Å². The number of aryl methyl sites for hydroxylation is 1. The highest BCUT2D eigenvalue weighted by atomic mass is 14.8. The molecule has 1 aromatic carbocycles. The van der Waals surface area contributed by atoms with Crippen molar-refractivity contribution in [3.8, 4) is 23.3 Å². The molecule has 1 aliphatic carbocycles. The third-order valence-electron chi connectivity index (χ3n) is 3.62. The SMILES string of the molecule is Cc1[nH]c(C2CC2)c(C#N)c1-c1ccc(C#N)cc1. The Labute approximate surface area is 112 Å². The fourth-order valence-electron chi connectivity index (χ4n) is 2.52. The van der Waals surface area contributed by atoms with Gasteiger partial charge in [-0.05, 0) is 37.5 Å². The van der Waals surface area contributed by atoms with Crippen LogP contribution in [0.2, 0.25) is 0 Å². The maximum absolute atomic E-state index is 9.43. The van der Waals surface area contributed by atoms with Crippen molar-refractivity contribution in [2.24, 2.45) is 0 Å². The van der Waals surface area contributed by atoms with Gasteiger partial charge < -0.3 is 4.98 Å². The molecule has 0 amide bonds. The van der Waals surface area contributed by atoms with Crippen molar-refractivity contribution in [1.82, 2.24) is 4.98 Å². The maximum Gasteiger partial charge on any atom is 0.102 e. The van der Waals surface area contributed by atoms with Crippen molar-refractivity contribution in [2.45, 2.75) is 25.7 Å². The molecule has 1 heterocycles. The molecule has 1 fully saturated rings. The second-order valence-corrected chi connectivity index (χ2v) is 4.99. The zero-order valence-corrected chi connectivity index (χ0v) is 10.7. The summed E-state index contributed by atoms with van der Waals surface area (Å²) in [5.74, 6) is 0.528. The summed E-state index contributed by atoms with van der Waals surface area (Å²) in [7, 11) is 0. The number of nitrogens with zero attached hydrogens (tertiary/aromatic N) is 2. The smallest absolute Gasteiger partial charge is 0.102 e. The van der Waals surface area contributed by atoms with Crippen LogP contribution in [-0.2, 0) is 0 Å². The molecule has 0 radical (unpaired) electrons. The second-order valence-electron chi connectivity index (χ2n) is 4.99. The summed E-state index contributed by atoms with van der Waals surface area (Å²) < 4.78 is 0. The van der Waals surface area contributed by atoms with Gasteiger partial charge in [-0.25, -0.2) is 0 Å². The molecule has 1 aliphatic rings. The van der Waals surface area contributed by atoms with E-state index in [1.165, 1.54) is 12.8 Å². The van der Waals surface area contributed by atoms with Gasteiger partial charge in [-0.3, -0.25) is 0 Å². The summed E-state index contributed by atoms with van der Waals surface area (Å²) >= 11 is 0. The Morgan fingerprint density at radius 3 is 2.32 bits per heavy atom.